The number of benzene rings is 2. The number of carbonyl (C=O) groups excluding carboxylic acids is 1. The second-order valence-electron chi connectivity index (χ2n) is 8.00. The van der Waals surface area contributed by atoms with Crippen LogP contribution in [0.15, 0.2) is 48.5 Å². The average Bonchev–Trinajstić information content (AvgIpc) is 3.10. The van der Waals surface area contributed by atoms with Gasteiger partial charge in [0, 0.05) is 26.2 Å². The van der Waals surface area contributed by atoms with Gasteiger partial charge in [0.1, 0.15) is 12.7 Å². The van der Waals surface area contributed by atoms with Crippen molar-refractivity contribution in [1.29, 1.82) is 0 Å². The molecular formula is C23H27N5O3. The molecule has 1 aromatic heterocycles. The van der Waals surface area contributed by atoms with Crippen LogP contribution < -0.4 is 19.7 Å². The first kappa shape index (κ1) is 19.7. The van der Waals surface area contributed by atoms with Crippen LogP contribution >= 0.6 is 0 Å². The number of anilines is 1. The van der Waals surface area contributed by atoms with Crippen molar-refractivity contribution in [2.45, 2.75) is 12.5 Å². The largest absolute Gasteiger partial charge is 0.486 e. The van der Waals surface area contributed by atoms with Crippen LogP contribution in [0.4, 0.5) is 5.95 Å². The Balaban J connectivity index is 1.10. The fraction of sp³-hybridized carbons (Fsp3) is 0.391. The summed E-state index contributed by atoms with van der Waals surface area (Å²) in [7, 11) is 0. The number of fused-ring (bicyclic) bond motifs is 2. The number of rotatable bonds is 5. The first-order valence-electron chi connectivity index (χ1n) is 10.8. The molecule has 1 saturated heterocycles. The highest BCUT2D eigenvalue weighted by molar-refractivity contribution is 5.78. The first-order chi connectivity index (χ1) is 15.2. The fourth-order valence-corrected chi connectivity index (χ4v) is 4.08. The standard InChI is InChI=1S/C23H27N5O3/c29-22(24-14-17-16-30-20-8-3-4-9-21(20)31-17)15-27-10-5-11-28(13-12-27)23-25-18-6-1-2-7-19(18)26-23/h1-4,6-9,17H,5,10-16H2,(H,24,29)(H,25,26). The van der Waals surface area contributed by atoms with Gasteiger partial charge in [-0.15, -0.1) is 0 Å². The molecule has 1 atom stereocenters. The zero-order valence-electron chi connectivity index (χ0n) is 17.4. The number of hydrogen-bond donors (Lipinski definition) is 2. The van der Waals surface area contributed by atoms with E-state index in [9.17, 15) is 4.79 Å². The number of imidazole rings is 1. The van der Waals surface area contributed by atoms with Crippen LogP contribution in [0.5, 0.6) is 11.5 Å². The Morgan fingerprint density at radius 1 is 1.06 bits per heavy atom. The number of para-hydroxylation sites is 4. The molecule has 8 heteroatoms. The number of H-pyrrole nitrogens is 1. The molecule has 1 amide bonds. The van der Waals surface area contributed by atoms with Gasteiger partial charge in [-0.05, 0) is 30.7 Å². The Morgan fingerprint density at radius 3 is 2.81 bits per heavy atom. The van der Waals surface area contributed by atoms with Gasteiger partial charge in [0.05, 0.1) is 24.1 Å². The average molecular weight is 422 g/mol. The molecule has 8 nitrogen and oxygen atoms in total. The molecular weight excluding hydrogens is 394 g/mol. The SMILES string of the molecule is O=C(CN1CCCN(c2nc3ccccc3[nH]2)CC1)NCC1COc2ccccc2O1. The molecule has 3 aromatic rings. The van der Waals surface area contributed by atoms with Crippen LogP contribution in [0.2, 0.25) is 0 Å². The van der Waals surface area contributed by atoms with Gasteiger partial charge in [0.15, 0.2) is 11.5 Å². The minimum absolute atomic E-state index is 0.0136. The Morgan fingerprint density at radius 2 is 1.90 bits per heavy atom. The van der Waals surface area contributed by atoms with Crippen LogP contribution in [-0.4, -0.2) is 72.8 Å². The first-order valence-corrected chi connectivity index (χ1v) is 10.8. The number of aromatic amines is 1. The molecule has 5 rings (SSSR count). The third-order valence-electron chi connectivity index (χ3n) is 5.73. The van der Waals surface area contributed by atoms with Gasteiger partial charge in [-0.3, -0.25) is 9.69 Å². The molecule has 0 bridgehead atoms. The summed E-state index contributed by atoms with van der Waals surface area (Å²) in [5, 5.41) is 2.99. The van der Waals surface area contributed by atoms with Crippen molar-refractivity contribution in [3.8, 4) is 11.5 Å². The minimum atomic E-state index is -0.174. The van der Waals surface area contributed by atoms with Crippen molar-refractivity contribution in [1.82, 2.24) is 20.2 Å². The third kappa shape index (κ3) is 4.59. The summed E-state index contributed by atoms with van der Waals surface area (Å²) in [4.78, 5) is 25.1. The summed E-state index contributed by atoms with van der Waals surface area (Å²) in [6.07, 6.45) is 0.812. The summed E-state index contributed by atoms with van der Waals surface area (Å²) >= 11 is 0. The molecule has 2 aromatic carbocycles. The molecule has 3 heterocycles. The molecule has 1 fully saturated rings. The maximum absolute atomic E-state index is 12.5. The van der Waals surface area contributed by atoms with Gasteiger partial charge in [0.2, 0.25) is 11.9 Å². The van der Waals surface area contributed by atoms with E-state index in [2.05, 4.69) is 20.1 Å². The summed E-state index contributed by atoms with van der Waals surface area (Å²) in [6.45, 7) is 4.73. The number of carbonyl (C=O) groups is 1. The predicted molar refractivity (Wildman–Crippen MR) is 119 cm³/mol. The van der Waals surface area contributed by atoms with Gasteiger partial charge in [-0.1, -0.05) is 24.3 Å². The van der Waals surface area contributed by atoms with E-state index >= 15 is 0 Å². The molecule has 2 N–H and O–H groups in total. The highest BCUT2D eigenvalue weighted by Gasteiger charge is 2.23. The van der Waals surface area contributed by atoms with Crippen LogP contribution in [0, 0.1) is 0 Å². The second kappa shape index (κ2) is 8.85. The zero-order chi connectivity index (χ0) is 21.0. The molecule has 0 spiro atoms. The second-order valence-corrected chi connectivity index (χ2v) is 8.00. The molecule has 31 heavy (non-hydrogen) atoms. The van der Waals surface area contributed by atoms with Crippen molar-refractivity contribution in [2.24, 2.45) is 0 Å². The van der Waals surface area contributed by atoms with Crippen molar-refractivity contribution < 1.29 is 14.3 Å². The lowest BCUT2D eigenvalue weighted by Crippen LogP contribution is -2.45. The summed E-state index contributed by atoms with van der Waals surface area (Å²) in [5.41, 5.74) is 2.03. The molecule has 162 valence electrons. The van der Waals surface area contributed by atoms with Crippen molar-refractivity contribution in [3.63, 3.8) is 0 Å². The highest BCUT2D eigenvalue weighted by Crippen LogP contribution is 2.30. The molecule has 2 aliphatic heterocycles. The summed E-state index contributed by atoms with van der Waals surface area (Å²) < 4.78 is 11.6. The van der Waals surface area contributed by atoms with E-state index in [0.717, 1.165) is 61.1 Å². The van der Waals surface area contributed by atoms with E-state index in [0.29, 0.717) is 19.7 Å². The summed E-state index contributed by atoms with van der Waals surface area (Å²) in [5.74, 6) is 2.40. The van der Waals surface area contributed by atoms with E-state index in [4.69, 9.17) is 14.5 Å². The Labute approximate surface area is 181 Å². The van der Waals surface area contributed by atoms with E-state index in [1.807, 2.05) is 48.5 Å². The van der Waals surface area contributed by atoms with Crippen molar-refractivity contribution >= 4 is 22.9 Å². The molecule has 0 aliphatic carbocycles. The van der Waals surface area contributed by atoms with E-state index in [1.54, 1.807) is 0 Å². The van der Waals surface area contributed by atoms with Gasteiger partial charge >= 0.3 is 0 Å². The Bertz CT molecular complexity index is 1020. The Hall–Kier alpha value is -3.26. The van der Waals surface area contributed by atoms with E-state index in [-0.39, 0.29) is 12.0 Å². The number of hydrogen-bond acceptors (Lipinski definition) is 6. The maximum atomic E-state index is 12.5. The molecule has 0 saturated carbocycles. The number of ether oxygens (including phenoxy) is 2. The van der Waals surface area contributed by atoms with Crippen LogP contribution in [0.25, 0.3) is 11.0 Å². The number of nitrogens with one attached hydrogen (secondary N) is 2. The monoisotopic (exact) mass is 421 g/mol. The predicted octanol–water partition coefficient (Wildman–Crippen LogP) is 2.03. The number of amides is 1. The lowest BCUT2D eigenvalue weighted by Gasteiger charge is -2.27. The molecule has 0 radical (unpaired) electrons. The Kier molecular flexibility index (Phi) is 5.62. The summed E-state index contributed by atoms with van der Waals surface area (Å²) in [6, 6.07) is 15.7. The van der Waals surface area contributed by atoms with Crippen LogP contribution in [0.3, 0.4) is 0 Å². The lowest BCUT2D eigenvalue weighted by molar-refractivity contribution is -0.122. The number of nitrogens with zero attached hydrogens (tertiary/aromatic N) is 3. The van der Waals surface area contributed by atoms with Gasteiger partial charge in [-0.2, -0.15) is 0 Å². The topological polar surface area (TPSA) is 82.7 Å². The van der Waals surface area contributed by atoms with Gasteiger partial charge in [-0.25, -0.2) is 4.98 Å². The fourth-order valence-electron chi connectivity index (χ4n) is 4.08. The minimum Gasteiger partial charge on any atom is -0.486 e. The van der Waals surface area contributed by atoms with Gasteiger partial charge < -0.3 is 24.7 Å². The zero-order valence-corrected chi connectivity index (χ0v) is 17.4. The number of aromatic nitrogens is 2. The quantitative estimate of drug-likeness (QED) is 0.656. The van der Waals surface area contributed by atoms with Crippen molar-refractivity contribution in [3.05, 3.63) is 48.5 Å². The van der Waals surface area contributed by atoms with E-state index < -0.39 is 0 Å². The smallest absolute Gasteiger partial charge is 0.234 e. The van der Waals surface area contributed by atoms with Crippen LogP contribution in [-0.2, 0) is 4.79 Å². The third-order valence-corrected chi connectivity index (χ3v) is 5.73. The lowest BCUT2D eigenvalue weighted by atomic mass is 10.2. The van der Waals surface area contributed by atoms with E-state index in [1.165, 1.54) is 0 Å². The molecule has 2 aliphatic rings. The normalized spacial score (nSPS) is 19.2. The highest BCUT2D eigenvalue weighted by atomic mass is 16.6. The van der Waals surface area contributed by atoms with Crippen LogP contribution in [0.1, 0.15) is 6.42 Å². The van der Waals surface area contributed by atoms with Gasteiger partial charge in [0.25, 0.3) is 0 Å². The maximum Gasteiger partial charge on any atom is 0.234 e. The molecule has 1 unspecified atom stereocenters. The van der Waals surface area contributed by atoms with Crippen molar-refractivity contribution in [2.75, 3.05) is 50.8 Å².